The fourth-order valence-electron chi connectivity index (χ4n) is 3.93. The van der Waals surface area contributed by atoms with E-state index < -0.39 is 0 Å². The first kappa shape index (κ1) is 15.3. The van der Waals surface area contributed by atoms with Crippen LogP contribution in [0, 0.1) is 0 Å². The van der Waals surface area contributed by atoms with Crippen LogP contribution >= 0.6 is 0 Å². The molecule has 1 aliphatic carbocycles. The third-order valence-electron chi connectivity index (χ3n) is 4.88. The molecule has 0 bridgehead atoms. The predicted molar refractivity (Wildman–Crippen MR) is 86.7 cm³/mol. The van der Waals surface area contributed by atoms with Crippen molar-refractivity contribution in [2.75, 3.05) is 6.61 Å². The molecule has 0 spiro atoms. The van der Waals surface area contributed by atoms with Crippen LogP contribution in [0.5, 0.6) is 5.75 Å². The normalized spacial score (nSPS) is 26.5. The van der Waals surface area contributed by atoms with E-state index >= 15 is 0 Å². The molecule has 1 amide bonds. The minimum absolute atomic E-state index is 0.00370. The first-order chi connectivity index (χ1) is 10.7. The Morgan fingerprint density at radius 1 is 1.27 bits per heavy atom. The molecule has 3 rings (SSSR count). The highest BCUT2D eigenvalue weighted by Gasteiger charge is 2.42. The minimum atomic E-state index is -0.119. The Morgan fingerprint density at radius 2 is 2.05 bits per heavy atom. The Balaban J connectivity index is 1.88. The lowest BCUT2D eigenvalue weighted by molar-refractivity contribution is -0.132. The number of likely N-dealkylation sites (tertiary alicyclic amines) is 1. The van der Waals surface area contributed by atoms with E-state index in [9.17, 15) is 4.79 Å². The van der Waals surface area contributed by atoms with E-state index in [1.807, 2.05) is 25.1 Å². The summed E-state index contributed by atoms with van der Waals surface area (Å²) in [5.74, 6) is 1.07. The SMILES string of the molecule is CCOc1cccc(C2C(N)CC(=O)N2C2CCCCC2)c1. The molecule has 1 heterocycles. The molecule has 0 radical (unpaired) electrons. The standard InChI is InChI=1S/C18H26N2O2/c1-2-22-15-10-6-7-13(11-15)18-16(19)12-17(21)20(18)14-8-4-3-5-9-14/h6-7,10-11,14,16,18H,2-5,8-9,12,19H2,1H3. The summed E-state index contributed by atoms with van der Waals surface area (Å²) in [4.78, 5) is 14.6. The average Bonchev–Trinajstić information content (AvgIpc) is 2.83. The van der Waals surface area contributed by atoms with Crippen molar-refractivity contribution in [1.82, 2.24) is 4.90 Å². The summed E-state index contributed by atoms with van der Waals surface area (Å²) in [7, 11) is 0. The van der Waals surface area contributed by atoms with Crippen LogP contribution in [0.25, 0.3) is 0 Å². The molecule has 120 valence electrons. The highest BCUT2D eigenvalue weighted by atomic mass is 16.5. The van der Waals surface area contributed by atoms with E-state index in [1.165, 1.54) is 19.3 Å². The smallest absolute Gasteiger partial charge is 0.225 e. The van der Waals surface area contributed by atoms with Crippen molar-refractivity contribution >= 4 is 5.91 Å². The van der Waals surface area contributed by atoms with Gasteiger partial charge in [-0.3, -0.25) is 4.79 Å². The van der Waals surface area contributed by atoms with Crippen LogP contribution in [0.1, 0.15) is 57.1 Å². The molecule has 2 aliphatic rings. The van der Waals surface area contributed by atoms with Crippen molar-refractivity contribution < 1.29 is 9.53 Å². The maximum absolute atomic E-state index is 12.5. The van der Waals surface area contributed by atoms with Crippen molar-refractivity contribution in [2.24, 2.45) is 5.73 Å². The van der Waals surface area contributed by atoms with Crippen molar-refractivity contribution in [1.29, 1.82) is 0 Å². The molecule has 2 atom stereocenters. The zero-order valence-electron chi connectivity index (χ0n) is 13.3. The second-order valence-corrected chi connectivity index (χ2v) is 6.41. The Morgan fingerprint density at radius 3 is 2.77 bits per heavy atom. The molecule has 22 heavy (non-hydrogen) atoms. The summed E-state index contributed by atoms with van der Waals surface area (Å²) in [6.07, 6.45) is 6.40. The quantitative estimate of drug-likeness (QED) is 0.930. The molecule has 2 unspecified atom stereocenters. The van der Waals surface area contributed by atoms with Gasteiger partial charge in [0.25, 0.3) is 0 Å². The topological polar surface area (TPSA) is 55.6 Å². The van der Waals surface area contributed by atoms with E-state index in [1.54, 1.807) is 0 Å². The number of carbonyl (C=O) groups is 1. The zero-order chi connectivity index (χ0) is 15.5. The molecule has 1 saturated heterocycles. The van der Waals surface area contributed by atoms with Crippen LogP contribution in [-0.2, 0) is 4.79 Å². The van der Waals surface area contributed by atoms with Crippen LogP contribution in [0.15, 0.2) is 24.3 Å². The van der Waals surface area contributed by atoms with Crippen molar-refractivity contribution in [3.8, 4) is 5.75 Å². The van der Waals surface area contributed by atoms with E-state index in [0.717, 1.165) is 24.2 Å². The van der Waals surface area contributed by atoms with Gasteiger partial charge in [0.2, 0.25) is 5.91 Å². The van der Waals surface area contributed by atoms with Crippen LogP contribution in [0.4, 0.5) is 0 Å². The second-order valence-electron chi connectivity index (χ2n) is 6.41. The number of nitrogens with two attached hydrogens (primary N) is 1. The van der Waals surface area contributed by atoms with Gasteiger partial charge >= 0.3 is 0 Å². The maximum atomic E-state index is 12.5. The number of ether oxygens (including phenoxy) is 1. The number of rotatable bonds is 4. The number of nitrogens with zero attached hydrogens (tertiary/aromatic N) is 1. The largest absolute Gasteiger partial charge is 0.494 e. The van der Waals surface area contributed by atoms with Crippen molar-refractivity contribution in [2.45, 2.75) is 63.6 Å². The molecule has 2 N–H and O–H groups in total. The third kappa shape index (κ3) is 2.98. The highest BCUT2D eigenvalue weighted by Crippen LogP contribution is 2.38. The van der Waals surface area contributed by atoms with Gasteiger partial charge in [-0.1, -0.05) is 31.4 Å². The molecule has 1 aromatic rings. The van der Waals surface area contributed by atoms with Crippen molar-refractivity contribution in [3.05, 3.63) is 29.8 Å². The first-order valence-corrected chi connectivity index (χ1v) is 8.50. The summed E-state index contributed by atoms with van der Waals surface area (Å²) < 4.78 is 5.60. The van der Waals surface area contributed by atoms with E-state index in [0.29, 0.717) is 19.1 Å². The number of hydrogen-bond acceptors (Lipinski definition) is 3. The molecule has 1 saturated carbocycles. The molecule has 2 fully saturated rings. The third-order valence-corrected chi connectivity index (χ3v) is 4.88. The lowest BCUT2D eigenvalue weighted by Crippen LogP contribution is -2.41. The van der Waals surface area contributed by atoms with E-state index in [4.69, 9.17) is 10.5 Å². The first-order valence-electron chi connectivity index (χ1n) is 8.50. The number of carbonyl (C=O) groups excluding carboxylic acids is 1. The lowest BCUT2D eigenvalue weighted by Gasteiger charge is -2.37. The van der Waals surface area contributed by atoms with Gasteiger partial charge in [-0.15, -0.1) is 0 Å². The van der Waals surface area contributed by atoms with Crippen LogP contribution < -0.4 is 10.5 Å². The number of hydrogen-bond donors (Lipinski definition) is 1. The van der Waals surface area contributed by atoms with Gasteiger partial charge in [0.05, 0.1) is 12.6 Å². The fraction of sp³-hybridized carbons (Fsp3) is 0.611. The molecular formula is C18H26N2O2. The van der Waals surface area contributed by atoms with E-state index in [-0.39, 0.29) is 18.0 Å². The fourth-order valence-corrected chi connectivity index (χ4v) is 3.93. The number of amides is 1. The molecule has 4 heteroatoms. The van der Waals surface area contributed by atoms with Crippen LogP contribution in [-0.4, -0.2) is 29.5 Å². The summed E-state index contributed by atoms with van der Waals surface area (Å²) in [5, 5.41) is 0. The van der Waals surface area contributed by atoms with Gasteiger partial charge in [0, 0.05) is 18.5 Å². The van der Waals surface area contributed by atoms with Gasteiger partial charge < -0.3 is 15.4 Å². The molecule has 4 nitrogen and oxygen atoms in total. The Labute approximate surface area is 132 Å². The minimum Gasteiger partial charge on any atom is -0.494 e. The van der Waals surface area contributed by atoms with Gasteiger partial charge in [-0.05, 0) is 37.5 Å². The Bertz CT molecular complexity index is 526. The van der Waals surface area contributed by atoms with Crippen LogP contribution in [0.3, 0.4) is 0 Å². The predicted octanol–water partition coefficient (Wildman–Crippen LogP) is 3.02. The van der Waals surface area contributed by atoms with Gasteiger partial charge in [-0.2, -0.15) is 0 Å². The van der Waals surface area contributed by atoms with Crippen LogP contribution in [0.2, 0.25) is 0 Å². The van der Waals surface area contributed by atoms with Gasteiger partial charge in [-0.25, -0.2) is 0 Å². The average molecular weight is 302 g/mol. The molecule has 1 aromatic carbocycles. The summed E-state index contributed by atoms with van der Waals surface area (Å²) in [6.45, 7) is 2.62. The second kappa shape index (κ2) is 6.69. The lowest BCUT2D eigenvalue weighted by atomic mass is 9.92. The maximum Gasteiger partial charge on any atom is 0.225 e. The van der Waals surface area contributed by atoms with Gasteiger partial charge in [0.15, 0.2) is 0 Å². The van der Waals surface area contributed by atoms with Crippen molar-refractivity contribution in [3.63, 3.8) is 0 Å². The molecule has 0 aromatic heterocycles. The van der Waals surface area contributed by atoms with E-state index in [2.05, 4.69) is 11.0 Å². The number of benzene rings is 1. The summed E-state index contributed by atoms with van der Waals surface area (Å²) in [5.41, 5.74) is 7.43. The molecule has 1 aliphatic heterocycles. The zero-order valence-corrected chi connectivity index (χ0v) is 13.3. The monoisotopic (exact) mass is 302 g/mol. The Hall–Kier alpha value is -1.55. The summed E-state index contributed by atoms with van der Waals surface area (Å²) in [6, 6.07) is 8.30. The van der Waals surface area contributed by atoms with Gasteiger partial charge in [0.1, 0.15) is 5.75 Å². The Kier molecular flexibility index (Phi) is 4.67. The molecular weight excluding hydrogens is 276 g/mol. The highest BCUT2D eigenvalue weighted by molar-refractivity contribution is 5.80. The summed E-state index contributed by atoms with van der Waals surface area (Å²) >= 11 is 0.